The molecule has 2 rings (SSSR count). The molecule has 7 nitrogen and oxygen atoms in total. The molecule has 0 aliphatic heterocycles. The number of carboxylic acid groups (broad SMARTS) is 1. The van der Waals surface area contributed by atoms with Gasteiger partial charge in [0, 0.05) is 13.5 Å². The average Bonchev–Trinajstić information content (AvgIpc) is 2.69. The monoisotopic (exact) mass is 282 g/mol. The summed E-state index contributed by atoms with van der Waals surface area (Å²) in [5, 5.41) is 7.42. The molecule has 7 heteroatoms. The van der Waals surface area contributed by atoms with E-state index in [0.717, 1.165) is 13.5 Å². The Bertz CT molecular complexity index is 610. The molecule has 0 aliphatic rings. The second-order valence-corrected chi connectivity index (χ2v) is 4.32. The summed E-state index contributed by atoms with van der Waals surface area (Å²) >= 11 is 0. The van der Waals surface area contributed by atoms with Gasteiger partial charge in [0.05, 0.1) is 5.52 Å². The van der Waals surface area contributed by atoms with Gasteiger partial charge in [-0.15, -0.1) is 0 Å². The third kappa shape index (κ3) is 5.15. The predicted octanol–water partition coefficient (Wildman–Crippen LogP) is 1.15. The van der Waals surface area contributed by atoms with E-state index in [0.29, 0.717) is 23.5 Å². The zero-order valence-corrected chi connectivity index (χ0v) is 11.7. The van der Waals surface area contributed by atoms with E-state index in [4.69, 9.17) is 19.1 Å². The predicted molar refractivity (Wildman–Crippen MR) is 74.2 cm³/mol. The molecule has 0 bridgehead atoms. The minimum absolute atomic E-state index is 0.460. The number of fused-ring (bicyclic) bond motifs is 1. The van der Waals surface area contributed by atoms with Crippen molar-refractivity contribution in [2.24, 2.45) is 0 Å². The van der Waals surface area contributed by atoms with Crippen molar-refractivity contribution in [3.8, 4) is 5.75 Å². The molecule has 0 aliphatic carbocycles. The number of carbonyl (C=O) groups is 1. The normalized spacial score (nSPS) is 10.2. The summed E-state index contributed by atoms with van der Waals surface area (Å²) in [7, 11) is 3.95. The Hall–Kier alpha value is -2.28. The minimum atomic E-state index is -0.833. The van der Waals surface area contributed by atoms with Crippen LogP contribution in [0.15, 0.2) is 27.4 Å². The molecular weight excluding hydrogens is 264 g/mol. The molecule has 0 unspecified atom stereocenters. The van der Waals surface area contributed by atoms with Crippen LogP contribution in [0.2, 0.25) is 0 Å². The number of ether oxygens (including phenoxy) is 1. The summed E-state index contributed by atoms with van der Waals surface area (Å²) in [6.07, 6.45) is 0. The molecule has 0 saturated heterocycles. The highest BCUT2D eigenvalue weighted by atomic mass is 16.5. The first-order chi connectivity index (χ1) is 9.40. The highest BCUT2D eigenvalue weighted by Crippen LogP contribution is 2.22. The van der Waals surface area contributed by atoms with Crippen molar-refractivity contribution in [2.45, 2.75) is 6.92 Å². The van der Waals surface area contributed by atoms with E-state index in [1.807, 2.05) is 25.1 Å². The van der Waals surface area contributed by atoms with Crippen LogP contribution in [0.1, 0.15) is 6.92 Å². The first kappa shape index (κ1) is 15.8. The van der Waals surface area contributed by atoms with Crippen molar-refractivity contribution in [2.75, 3.05) is 27.2 Å². The molecule has 0 atom stereocenters. The molecule has 0 radical (unpaired) electrons. The lowest BCUT2D eigenvalue weighted by Gasteiger charge is -2.10. The SMILES string of the molecule is CC(=O)O.CN(C)CCOc1cccc2[nH]c(=O)oc12. The van der Waals surface area contributed by atoms with Gasteiger partial charge < -0.3 is 19.2 Å². The van der Waals surface area contributed by atoms with E-state index in [-0.39, 0.29) is 0 Å². The highest BCUT2D eigenvalue weighted by Gasteiger charge is 2.07. The third-order valence-corrected chi connectivity index (χ3v) is 2.21. The number of hydrogen-bond donors (Lipinski definition) is 2. The Labute approximate surface area is 115 Å². The van der Waals surface area contributed by atoms with Crippen LogP contribution < -0.4 is 10.5 Å². The molecule has 20 heavy (non-hydrogen) atoms. The molecule has 2 aromatic rings. The molecule has 2 N–H and O–H groups in total. The van der Waals surface area contributed by atoms with Crippen LogP contribution in [0.4, 0.5) is 0 Å². The van der Waals surface area contributed by atoms with Gasteiger partial charge >= 0.3 is 5.76 Å². The number of aromatic nitrogens is 1. The standard InChI is InChI=1S/C11H14N2O3.C2H4O2/c1-13(2)6-7-15-9-5-3-4-8-10(9)16-11(14)12-8;1-2(3)4/h3-5H,6-7H2,1-2H3,(H,12,14);1H3,(H,3,4). The van der Waals surface area contributed by atoms with Gasteiger partial charge in [0.1, 0.15) is 6.61 Å². The van der Waals surface area contributed by atoms with Gasteiger partial charge in [0.25, 0.3) is 5.97 Å². The number of carboxylic acids is 1. The number of aromatic amines is 1. The lowest BCUT2D eigenvalue weighted by molar-refractivity contribution is -0.134. The Balaban J connectivity index is 0.000000444. The zero-order chi connectivity index (χ0) is 15.1. The van der Waals surface area contributed by atoms with E-state index in [1.54, 1.807) is 12.1 Å². The van der Waals surface area contributed by atoms with Crippen molar-refractivity contribution < 1.29 is 19.1 Å². The number of rotatable bonds is 4. The van der Waals surface area contributed by atoms with E-state index in [9.17, 15) is 4.79 Å². The Morgan fingerprint density at radius 3 is 2.70 bits per heavy atom. The van der Waals surface area contributed by atoms with Crippen molar-refractivity contribution >= 4 is 17.1 Å². The van der Waals surface area contributed by atoms with Gasteiger partial charge in [-0.1, -0.05) is 6.07 Å². The zero-order valence-electron chi connectivity index (χ0n) is 11.7. The fourth-order valence-corrected chi connectivity index (χ4v) is 1.40. The third-order valence-electron chi connectivity index (χ3n) is 2.21. The Kier molecular flexibility index (Phi) is 5.79. The van der Waals surface area contributed by atoms with Gasteiger partial charge in [-0.25, -0.2) is 4.79 Å². The molecule has 110 valence electrons. The second kappa shape index (κ2) is 7.34. The Morgan fingerprint density at radius 1 is 1.45 bits per heavy atom. The van der Waals surface area contributed by atoms with E-state index >= 15 is 0 Å². The summed E-state index contributed by atoms with van der Waals surface area (Å²) < 4.78 is 10.6. The van der Waals surface area contributed by atoms with Crippen molar-refractivity contribution in [1.29, 1.82) is 0 Å². The molecule has 1 aromatic heterocycles. The van der Waals surface area contributed by atoms with Gasteiger partial charge in [-0.05, 0) is 26.2 Å². The summed E-state index contributed by atoms with van der Waals surface area (Å²) in [4.78, 5) is 24.6. The first-order valence-corrected chi connectivity index (χ1v) is 5.99. The number of likely N-dealkylation sites (N-methyl/N-ethyl adjacent to an activating group) is 1. The number of hydrogen-bond acceptors (Lipinski definition) is 5. The Morgan fingerprint density at radius 2 is 2.10 bits per heavy atom. The summed E-state index contributed by atoms with van der Waals surface area (Å²) in [6.45, 7) is 2.45. The molecule has 0 spiro atoms. The topological polar surface area (TPSA) is 95.8 Å². The maximum atomic E-state index is 11.0. The molecule has 0 amide bonds. The number of benzene rings is 1. The van der Waals surface area contributed by atoms with Crippen LogP contribution in [0.5, 0.6) is 5.75 Å². The van der Waals surface area contributed by atoms with Crippen LogP contribution in [-0.4, -0.2) is 48.2 Å². The summed E-state index contributed by atoms with van der Waals surface area (Å²) in [5.74, 6) is -0.698. The number of nitrogens with zero attached hydrogens (tertiary/aromatic N) is 1. The maximum absolute atomic E-state index is 11.0. The van der Waals surface area contributed by atoms with Crippen LogP contribution in [0.25, 0.3) is 11.1 Å². The van der Waals surface area contributed by atoms with Gasteiger partial charge in [-0.3, -0.25) is 9.78 Å². The van der Waals surface area contributed by atoms with E-state index in [1.165, 1.54) is 0 Å². The van der Waals surface area contributed by atoms with Crippen LogP contribution in [0, 0.1) is 0 Å². The number of oxazole rings is 1. The van der Waals surface area contributed by atoms with Crippen molar-refractivity contribution in [1.82, 2.24) is 9.88 Å². The maximum Gasteiger partial charge on any atom is 0.417 e. The van der Waals surface area contributed by atoms with Crippen LogP contribution in [-0.2, 0) is 4.79 Å². The van der Waals surface area contributed by atoms with Gasteiger partial charge in [0.2, 0.25) is 0 Å². The molecular formula is C13H18N2O5. The molecule has 0 fully saturated rings. The van der Waals surface area contributed by atoms with Gasteiger partial charge in [-0.2, -0.15) is 0 Å². The summed E-state index contributed by atoms with van der Waals surface area (Å²) in [6, 6.07) is 5.38. The van der Waals surface area contributed by atoms with Crippen molar-refractivity contribution in [3.05, 3.63) is 28.7 Å². The molecule has 1 aromatic carbocycles. The lowest BCUT2D eigenvalue weighted by Crippen LogP contribution is -2.19. The van der Waals surface area contributed by atoms with E-state index < -0.39 is 11.7 Å². The number of aliphatic carboxylic acids is 1. The minimum Gasteiger partial charge on any atom is -0.488 e. The summed E-state index contributed by atoms with van der Waals surface area (Å²) in [5.41, 5.74) is 1.14. The van der Waals surface area contributed by atoms with Crippen LogP contribution in [0.3, 0.4) is 0 Å². The van der Waals surface area contributed by atoms with Crippen molar-refractivity contribution in [3.63, 3.8) is 0 Å². The lowest BCUT2D eigenvalue weighted by atomic mass is 10.3. The van der Waals surface area contributed by atoms with E-state index in [2.05, 4.69) is 4.98 Å². The average molecular weight is 282 g/mol. The van der Waals surface area contributed by atoms with Crippen LogP contribution >= 0.6 is 0 Å². The smallest absolute Gasteiger partial charge is 0.417 e. The number of para-hydroxylation sites is 1. The largest absolute Gasteiger partial charge is 0.488 e. The number of H-pyrrole nitrogens is 1. The second-order valence-electron chi connectivity index (χ2n) is 4.32. The molecule has 1 heterocycles. The quantitative estimate of drug-likeness (QED) is 0.873. The highest BCUT2D eigenvalue weighted by molar-refractivity contribution is 5.78. The fraction of sp³-hybridized carbons (Fsp3) is 0.385. The van der Waals surface area contributed by atoms with Gasteiger partial charge in [0.15, 0.2) is 11.3 Å². The first-order valence-electron chi connectivity index (χ1n) is 5.99. The number of nitrogens with one attached hydrogen (secondary N) is 1. The molecule has 0 saturated carbocycles. The fourth-order valence-electron chi connectivity index (χ4n) is 1.40.